The lowest BCUT2D eigenvalue weighted by Crippen LogP contribution is -2.24. The van der Waals surface area contributed by atoms with E-state index in [4.69, 9.17) is 34.8 Å². The second-order valence-electron chi connectivity index (χ2n) is 3.47. The van der Waals surface area contributed by atoms with E-state index in [-0.39, 0.29) is 17.8 Å². The van der Waals surface area contributed by atoms with Crippen LogP contribution in [0.2, 0.25) is 5.02 Å². The number of alkyl halides is 2. The highest BCUT2D eigenvalue weighted by atomic mass is 35.5. The Labute approximate surface area is 118 Å². The van der Waals surface area contributed by atoms with Gasteiger partial charge in [-0.25, -0.2) is 0 Å². The van der Waals surface area contributed by atoms with E-state index in [0.717, 1.165) is 23.7 Å². The number of benzene rings is 1. The molecule has 1 atom stereocenters. The quantitative estimate of drug-likeness (QED) is 0.736. The summed E-state index contributed by atoms with van der Waals surface area (Å²) in [5.74, 6) is 0.626. The second-order valence-corrected chi connectivity index (χ2v) is 4.81. The van der Waals surface area contributed by atoms with Crippen molar-refractivity contribution in [2.75, 3.05) is 26.0 Å². The average Bonchev–Trinajstić information content (AvgIpc) is 2.18. The summed E-state index contributed by atoms with van der Waals surface area (Å²) < 4.78 is 0. The van der Waals surface area contributed by atoms with Gasteiger partial charge in [0.25, 0.3) is 0 Å². The molecule has 1 aromatic rings. The first kappa shape index (κ1) is 16.3. The van der Waals surface area contributed by atoms with Gasteiger partial charge in [-0.2, -0.15) is 0 Å². The maximum Gasteiger partial charge on any atom is 0.0712 e. The molecule has 16 heavy (non-hydrogen) atoms. The number of nitrogens with zero attached hydrogens (tertiary/aromatic N) is 1. The zero-order valence-electron chi connectivity index (χ0n) is 9.00. The molecule has 0 aliphatic carbocycles. The van der Waals surface area contributed by atoms with E-state index in [1.807, 2.05) is 31.3 Å². The van der Waals surface area contributed by atoms with Gasteiger partial charge in [0.1, 0.15) is 0 Å². The van der Waals surface area contributed by atoms with Gasteiger partial charge >= 0.3 is 0 Å². The van der Waals surface area contributed by atoms with E-state index in [2.05, 4.69) is 4.90 Å². The molecule has 0 fully saturated rings. The molecule has 5 heteroatoms. The highest BCUT2D eigenvalue weighted by Gasteiger charge is 2.10. The molecule has 0 heterocycles. The van der Waals surface area contributed by atoms with E-state index in [0.29, 0.717) is 5.88 Å². The first-order valence-corrected chi connectivity index (χ1v) is 6.12. The van der Waals surface area contributed by atoms with Crippen molar-refractivity contribution in [2.45, 2.75) is 5.38 Å². The second kappa shape index (κ2) is 8.43. The van der Waals surface area contributed by atoms with Crippen LogP contribution in [0.3, 0.4) is 0 Å². The largest absolute Gasteiger partial charge is 0.303 e. The molecular formula is C11H15Cl4N. The number of hydrogen-bond donors (Lipinski definition) is 0. The van der Waals surface area contributed by atoms with Crippen LogP contribution in [-0.2, 0) is 0 Å². The average molecular weight is 303 g/mol. The monoisotopic (exact) mass is 301 g/mol. The fourth-order valence-corrected chi connectivity index (χ4v) is 2.08. The normalized spacial score (nSPS) is 12.3. The fourth-order valence-electron chi connectivity index (χ4n) is 1.29. The summed E-state index contributed by atoms with van der Waals surface area (Å²) in [5, 5.41) is 0.715. The van der Waals surface area contributed by atoms with Crippen LogP contribution < -0.4 is 0 Å². The minimum absolute atomic E-state index is 0. The molecule has 0 aromatic heterocycles. The van der Waals surface area contributed by atoms with Crippen LogP contribution in [0, 0.1) is 0 Å². The Bertz CT molecular complexity index is 289. The third kappa shape index (κ3) is 5.60. The summed E-state index contributed by atoms with van der Waals surface area (Å²) >= 11 is 17.7. The smallest absolute Gasteiger partial charge is 0.0712 e. The lowest BCUT2D eigenvalue weighted by molar-refractivity contribution is 0.355. The molecule has 1 rings (SSSR count). The molecule has 0 N–H and O–H groups in total. The Balaban J connectivity index is 0.00000225. The van der Waals surface area contributed by atoms with Crippen molar-refractivity contribution in [1.29, 1.82) is 0 Å². The van der Waals surface area contributed by atoms with Crippen LogP contribution in [-0.4, -0.2) is 30.9 Å². The van der Waals surface area contributed by atoms with Crippen molar-refractivity contribution in [3.8, 4) is 0 Å². The molecule has 0 radical (unpaired) electrons. The van der Waals surface area contributed by atoms with Gasteiger partial charge < -0.3 is 4.90 Å². The number of rotatable bonds is 5. The van der Waals surface area contributed by atoms with Gasteiger partial charge in [0.2, 0.25) is 0 Å². The van der Waals surface area contributed by atoms with Crippen molar-refractivity contribution in [1.82, 2.24) is 4.90 Å². The maximum absolute atomic E-state index is 6.26. The molecule has 0 saturated carbocycles. The van der Waals surface area contributed by atoms with Crippen LogP contribution >= 0.6 is 47.2 Å². The minimum Gasteiger partial charge on any atom is -0.303 e. The molecule has 0 aliphatic heterocycles. The van der Waals surface area contributed by atoms with Gasteiger partial charge in [-0.15, -0.1) is 35.6 Å². The summed E-state index contributed by atoms with van der Waals surface area (Å²) in [4.78, 5) is 2.11. The van der Waals surface area contributed by atoms with Crippen LogP contribution in [0.5, 0.6) is 0 Å². The first-order valence-electron chi connectivity index (χ1n) is 4.77. The number of hydrogen-bond acceptors (Lipinski definition) is 1. The lowest BCUT2D eigenvalue weighted by atomic mass is 10.1. The predicted molar refractivity (Wildman–Crippen MR) is 75.5 cm³/mol. The molecular weight excluding hydrogens is 288 g/mol. The number of likely N-dealkylation sites (N-methyl/N-ethyl adjacent to an activating group) is 1. The van der Waals surface area contributed by atoms with Crippen molar-refractivity contribution in [3.63, 3.8) is 0 Å². The van der Waals surface area contributed by atoms with Crippen LogP contribution in [0.1, 0.15) is 10.9 Å². The van der Waals surface area contributed by atoms with Gasteiger partial charge in [-0.1, -0.05) is 23.7 Å². The van der Waals surface area contributed by atoms with Gasteiger partial charge in [0.15, 0.2) is 0 Å². The lowest BCUT2D eigenvalue weighted by Gasteiger charge is -2.19. The van der Waals surface area contributed by atoms with Gasteiger partial charge in [-0.3, -0.25) is 0 Å². The van der Waals surface area contributed by atoms with Crippen molar-refractivity contribution < 1.29 is 0 Å². The van der Waals surface area contributed by atoms with Crippen molar-refractivity contribution in [2.24, 2.45) is 0 Å². The van der Waals surface area contributed by atoms with E-state index in [1.165, 1.54) is 0 Å². The predicted octanol–water partition coefficient (Wildman–Crippen LogP) is 4.21. The summed E-state index contributed by atoms with van der Waals surface area (Å²) in [5.41, 5.74) is 1.09. The third-order valence-electron chi connectivity index (χ3n) is 2.17. The fraction of sp³-hybridized carbons (Fsp3) is 0.455. The molecule has 1 nitrogen and oxygen atoms in total. The van der Waals surface area contributed by atoms with Crippen LogP contribution in [0.25, 0.3) is 0 Å². The summed E-state index contributed by atoms with van der Waals surface area (Å²) in [6.07, 6.45) is 0. The molecule has 92 valence electrons. The van der Waals surface area contributed by atoms with E-state index in [1.54, 1.807) is 0 Å². The number of halogens is 4. The molecule has 1 unspecified atom stereocenters. The van der Waals surface area contributed by atoms with Gasteiger partial charge in [0.05, 0.1) is 5.38 Å². The summed E-state index contributed by atoms with van der Waals surface area (Å²) in [6, 6.07) is 7.62. The minimum atomic E-state index is -0.0181. The Kier molecular flexibility index (Phi) is 8.61. The highest BCUT2D eigenvalue weighted by Crippen LogP contribution is 2.22. The first-order chi connectivity index (χ1) is 7.13. The zero-order valence-corrected chi connectivity index (χ0v) is 12.1. The van der Waals surface area contributed by atoms with E-state index in [9.17, 15) is 0 Å². The van der Waals surface area contributed by atoms with Gasteiger partial charge in [0, 0.05) is 24.0 Å². The van der Waals surface area contributed by atoms with Gasteiger partial charge in [-0.05, 0) is 24.7 Å². The molecule has 0 saturated heterocycles. The Morgan fingerprint density at radius 3 is 2.31 bits per heavy atom. The Morgan fingerprint density at radius 2 is 1.81 bits per heavy atom. The standard InChI is InChI=1S/C11H14Cl3N.ClH/c1-15(7-6-12)8-11(14)9-2-4-10(13)5-3-9;/h2-5,11H,6-8H2,1H3;1H. The van der Waals surface area contributed by atoms with Crippen LogP contribution in [0.15, 0.2) is 24.3 Å². The van der Waals surface area contributed by atoms with Crippen LogP contribution in [0.4, 0.5) is 0 Å². The zero-order chi connectivity index (χ0) is 11.3. The maximum atomic E-state index is 6.26. The summed E-state index contributed by atoms with van der Waals surface area (Å²) in [7, 11) is 2.01. The topological polar surface area (TPSA) is 3.24 Å². The Morgan fingerprint density at radius 1 is 1.25 bits per heavy atom. The SMILES string of the molecule is CN(CCCl)CC(Cl)c1ccc(Cl)cc1.Cl. The van der Waals surface area contributed by atoms with E-state index < -0.39 is 0 Å². The highest BCUT2D eigenvalue weighted by molar-refractivity contribution is 6.30. The molecule has 0 amide bonds. The molecule has 0 aliphatic rings. The molecule has 0 spiro atoms. The van der Waals surface area contributed by atoms with Crippen molar-refractivity contribution in [3.05, 3.63) is 34.9 Å². The van der Waals surface area contributed by atoms with E-state index >= 15 is 0 Å². The molecule has 1 aromatic carbocycles. The molecule has 0 bridgehead atoms. The third-order valence-corrected chi connectivity index (χ3v) is 2.98. The summed E-state index contributed by atoms with van der Waals surface area (Å²) in [6.45, 7) is 1.63. The Hall–Kier alpha value is 0.340. The van der Waals surface area contributed by atoms with Crippen molar-refractivity contribution >= 4 is 47.2 Å².